The summed E-state index contributed by atoms with van der Waals surface area (Å²) in [6.07, 6.45) is -34.1. The number of esters is 1. The number of fused-ring (bicyclic) bond motifs is 7. The average molecular weight is 1210 g/mol. The summed E-state index contributed by atoms with van der Waals surface area (Å²) < 4.78 is 54.6. The third kappa shape index (κ3) is 10.2. The number of carboxylic acid groups (broad SMARTS) is 1. The summed E-state index contributed by atoms with van der Waals surface area (Å²) in [7, 11) is 0. The van der Waals surface area contributed by atoms with Gasteiger partial charge in [-0.2, -0.15) is 0 Å². The Kier molecular flexibility index (Phi) is 18.6. The molecule has 0 bridgehead atoms. The van der Waals surface area contributed by atoms with Crippen LogP contribution in [0.4, 0.5) is 0 Å². The molecule has 4 heterocycles. The lowest BCUT2D eigenvalue weighted by Crippen LogP contribution is -2.76. The molecule has 4 saturated heterocycles. The molecule has 480 valence electrons. The molecule has 0 spiro atoms. The van der Waals surface area contributed by atoms with E-state index in [2.05, 4.69) is 19.9 Å². The molecule has 4 saturated carbocycles. The van der Waals surface area contributed by atoms with Crippen molar-refractivity contribution in [2.75, 3.05) is 19.8 Å². The number of hydrogen-bond donors (Lipinski definition) is 15. The number of carbonyl (C=O) groups excluding carboxylic acids is 1. The molecule has 26 heteroatoms. The van der Waals surface area contributed by atoms with E-state index in [1.807, 2.05) is 34.6 Å². The molecule has 4 aliphatic heterocycles. The maximum atomic E-state index is 13.1. The van der Waals surface area contributed by atoms with Gasteiger partial charge in [0.15, 0.2) is 37.4 Å². The van der Waals surface area contributed by atoms with Crippen molar-refractivity contribution in [3.8, 4) is 0 Å². The van der Waals surface area contributed by atoms with E-state index in [-0.39, 0.29) is 23.8 Å². The molecule has 8 fully saturated rings. The van der Waals surface area contributed by atoms with Crippen molar-refractivity contribution in [3.63, 3.8) is 0 Å². The Morgan fingerprint density at radius 1 is 0.631 bits per heavy atom. The quantitative estimate of drug-likeness (QED) is 0.0373. The van der Waals surface area contributed by atoms with Crippen LogP contribution in [-0.4, -0.2) is 256 Å². The van der Waals surface area contributed by atoms with Gasteiger partial charge >= 0.3 is 11.9 Å². The molecule has 84 heavy (non-hydrogen) atoms. The van der Waals surface area contributed by atoms with Gasteiger partial charge in [0.05, 0.1) is 61.9 Å². The molecule has 0 aromatic rings. The van der Waals surface area contributed by atoms with Gasteiger partial charge in [0.2, 0.25) is 0 Å². The van der Waals surface area contributed by atoms with Crippen molar-refractivity contribution in [3.05, 3.63) is 23.3 Å². The second-order valence-electron chi connectivity index (χ2n) is 27.4. The summed E-state index contributed by atoms with van der Waals surface area (Å²) in [6.45, 7) is 16.1. The highest BCUT2D eigenvalue weighted by atomic mass is 16.8. The lowest BCUT2D eigenvalue weighted by molar-refractivity contribution is -0.386. The third-order valence-corrected chi connectivity index (χ3v) is 22.5. The summed E-state index contributed by atoms with van der Waals surface area (Å²) in [6, 6.07) is 0. The molecule has 0 aromatic heterocycles. The Labute approximate surface area is 487 Å². The van der Waals surface area contributed by atoms with Crippen molar-refractivity contribution in [1.82, 2.24) is 0 Å². The van der Waals surface area contributed by atoms with E-state index >= 15 is 0 Å². The van der Waals surface area contributed by atoms with Crippen LogP contribution in [0.1, 0.15) is 108 Å². The SMILES string of the molecule is C/C=C(/C)C(=O)O[C@H]1[C@H](O)[C@@H](O[C@@H]2[C@H](O)C(C)(C)CC3C4=CCC5[C@@]6(C)CC[C@H](O[C@H]7O[C@H](C(=O)O)[C@@H](O)[C@H](O[C@H]8O[C@H](CO)[C@@H](O)[C@@H]8O)[C@H]7O[C@@H]7O[C@H](CO)[C@H](O)[C@H](O)[C@H]7O)C(C)(C)C6CC[C@@]5(C)[C@]4(C)[C@H](O)[C@H](O)[C@]32CO)O[C@@H](C)[C@@H]1O. The van der Waals surface area contributed by atoms with Crippen LogP contribution >= 0.6 is 0 Å². The van der Waals surface area contributed by atoms with Crippen LogP contribution < -0.4 is 0 Å². The van der Waals surface area contributed by atoms with Gasteiger partial charge < -0.3 is 119 Å². The van der Waals surface area contributed by atoms with E-state index in [0.717, 1.165) is 5.57 Å². The first-order valence-electron chi connectivity index (χ1n) is 29.5. The number of aliphatic hydroxyl groups is 14. The van der Waals surface area contributed by atoms with Gasteiger partial charge in [0.1, 0.15) is 73.2 Å². The summed E-state index contributed by atoms with van der Waals surface area (Å²) in [5, 5.41) is 169. The minimum absolute atomic E-state index is 0.183. The number of rotatable bonds is 14. The van der Waals surface area contributed by atoms with E-state index in [1.165, 1.54) is 19.9 Å². The molecule has 31 atom stereocenters. The Hall–Kier alpha value is -2.46. The van der Waals surface area contributed by atoms with Crippen LogP contribution in [0, 0.1) is 50.2 Å². The fourth-order valence-corrected chi connectivity index (χ4v) is 17.1. The van der Waals surface area contributed by atoms with Gasteiger partial charge in [-0.05, 0) is 98.7 Å². The predicted molar refractivity (Wildman–Crippen MR) is 285 cm³/mol. The van der Waals surface area contributed by atoms with Crippen molar-refractivity contribution in [2.45, 2.75) is 255 Å². The molecular weight excluding hydrogens is 1110 g/mol. The van der Waals surface area contributed by atoms with Gasteiger partial charge in [-0.1, -0.05) is 66.2 Å². The number of ether oxygens (including phenoxy) is 9. The Morgan fingerprint density at radius 3 is 1.80 bits per heavy atom. The average Bonchev–Trinajstić information content (AvgIpc) is 0.732. The van der Waals surface area contributed by atoms with Crippen molar-refractivity contribution < 1.29 is 129 Å². The predicted octanol–water partition coefficient (Wildman–Crippen LogP) is -2.40. The zero-order valence-corrected chi connectivity index (χ0v) is 49.3. The largest absolute Gasteiger partial charge is 0.479 e. The fraction of sp³-hybridized carbons (Fsp3) is 0.897. The molecular formula is C58H92O26. The Bertz CT molecular complexity index is 2440. The summed E-state index contributed by atoms with van der Waals surface area (Å²) >= 11 is 0. The standard InChI is InChI=1S/C58H92O26/c1-11-22(2)48(75)80-39-31(62)23(3)76-51(38(39)69)84-46-45(72)53(4,5)18-25-24-12-13-29-55(8)16-15-30(54(6,7)28(55)14-17-56(29,9)57(24,10)43(70)44(71)58(25,46)21-61)79-52-42(83-50-36(67)34(65)32(63)26(19-59)77-50)40(37(68)41(82-52)47(73)74)81-49-35(66)33(64)27(20-60)78-49/h11-12,23,25-46,49-52,59-72H,13-21H2,1-10H3,(H,73,74)/b22-11-/t23-,25?,26+,27+,28?,29?,30-,31-,32-,33+,34-,35-,36+,37-,38-,39+,40-,41-,42+,43+,44-,45-,46+,49+,50-,51+,52-,55-,56+,57-,58-/m0/s1. The zero-order valence-electron chi connectivity index (χ0n) is 49.3. The number of carbonyl (C=O) groups is 2. The normalized spacial score (nSPS) is 52.7. The van der Waals surface area contributed by atoms with Crippen molar-refractivity contribution in [1.29, 1.82) is 0 Å². The molecule has 0 amide bonds. The summed E-state index contributed by atoms with van der Waals surface area (Å²) in [5.41, 5.74) is -5.09. The molecule has 9 rings (SSSR count). The van der Waals surface area contributed by atoms with Crippen LogP contribution in [0.2, 0.25) is 0 Å². The highest BCUT2D eigenvalue weighted by molar-refractivity contribution is 5.87. The van der Waals surface area contributed by atoms with Crippen LogP contribution in [0.15, 0.2) is 23.3 Å². The van der Waals surface area contributed by atoms with Gasteiger partial charge in [-0.25, -0.2) is 9.59 Å². The van der Waals surface area contributed by atoms with Crippen molar-refractivity contribution in [2.24, 2.45) is 50.2 Å². The minimum atomic E-state index is -2.14. The molecule has 26 nitrogen and oxygen atoms in total. The van der Waals surface area contributed by atoms with E-state index < -0.39 is 217 Å². The number of hydrogen-bond acceptors (Lipinski definition) is 25. The summed E-state index contributed by atoms with van der Waals surface area (Å²) in [5.74, 6) is -3.56. The molecule has 3 unspecified atom stereocenters. The third-order valence-electron chi connectivity index (χ3n) is 22.5. The number of aliphatic carboxylic acids is 1. The first kappa shape index (κ1) is 66.0. The lowest BCUT2D eigenvalue weighted by Gasteiger charge is -2.73. The van der Waals surface area contributed by atoms with Crippen LogP contribution in [0.25, 0.3) is 0 Å². The minimum Gasteiger partial charge on any atom is -0.479 e. The van der Waals surface area contributed by atoms with E-state index in [1.54, 1.807) is 6.92 Å². The Balaban J connectivity index is 1.03. The molecule has 0 aromatic carbocycles. The highest BCUT2D eigenvalue weighted by Gasteiger charge is 2.76. The van der Waals surface area contributed by atoms with Crippen LogP contribution in [0.5, 0.6) is 0 Å². The second kappa shape index (κ2) is 23.7. The zero-order chi connectivity index (χ0) is 62.0. The van der Waals surface area contributed by atoms with Crippen molar-refractivity contribution >= 4 is 11.9 Å². The Morgan fingerprint density at radius 2 is 1.21 bits per heavy atom. The summed E-state index contributed by atoms with van der Waals surface area (Å²) in [4.78, 5) is 25.9. The van der Waals surface area contributed by atoms with Crippen LogP contribution in [-0.2, 0) is 52.2 Å². The molecule has 5 aliphatic carbocycles. The van der Waals surface area contributed by atoms with E-state index in [4.69, 9.17) is 42.6 Å². The monoisotopic (exact) mass is 1200 g/mol. The highest BCUT2D eigenvalue weighted by Crippen LogP contribution is 2.76. The van der Waals surface area contributed by atoms with Gasteiger partial charge in [0.25, 0.3) is 0 Å². The maximum absolute atomic E-state index is 13.1. The molecule has 15 N–H and O–H groups in total. The number of carboxylic acids is 1. The smallest absolute Gasteiger partial charge is 0.335 e. The van der Waals surface area contributed by atoms with Gasteiger partial charge in [-0.15, -0.1) is 0 Å². The van der Waals surface area contributed by atoms with Crippen LogP contribution in [0.3, 0.4) is 0 Å². The first-order valence-corrected chi connectivity index (χ1v) is 29.5. The number of aliphatic hydroxyl groups excluding tert-OH is 14. The topological polar surface area (TPSA) is 421 Å². The second-order valence-corrected chi connectivity index (χ2v) is 27.4. The molecule has 0 radical (unpaired) electrons. The maximum Gasteiger partial charge on any atom is 0.335 e. The van der Waals surface area contributed by atoms with Gasteiger partial charge in [0, 0.05) is 11.0 Å². The fourth-order valence-electron chi connectivity index (χ4n) is 17.1. The lowest BCUT2D eigenvalue weighted by atomic mass is 9.32. The van der Waals surface area contributed by atoms with Gasteiger partial charge in [-0.3, -0.25) is 0 Å². The number of allylic oxidation sites excluding steroid dienone is 2. The van der Waals surface area contributed by atoms with E-state index in [0.29, 0.717) is 32.1 Å². The molecule has 9 aliphatic rings. The first-order chi connectivity index (χ1) is 39.2. The van der Waals surface area contributed by atoms with E-state index in [9.17, 15) is 86.2 Å².